The highest BCUT2D eigenvalue weighted by Crippen LogP contribution is 2.12. The minimum atomic E-state index is 0. The molecule has 3 rings (SSSR count). The van der Waals surface area contributed by atoms with Gasteiger partial charge in [0, 0.05) is 45.1 Å². The number of benzene rings is 1. The van der Waals surface area contributed by atoms with Crippen LogP contribution < -0.4 is 10.6 Å². The summed E-state index contributed by atoms with van der Waals surface area (Å²) in [4.78, 5) is 7.30. The van der Waals surface area contributed by atoms with Crippen LogP contribution in [0.25, 0.3) is 0 Å². The Kier molecular flexibility index (Phi) is 11.2. The van der Waals surface area contributed by atoms with E-state index in [4.69, 9.17) is 9.73 Å². The van der Waals surface area contributed by atoms with Crippen LogP contribution in [0, 0.1) is 5.92 Å². The highest BCUT2D eigenvalue weighted by molar-refractivity contribution is 14.0. The number of aliphatic imine (C=N–C) groups is 1. The lowest BCUT2D eigenvalue weighted by Gasteiger charge is -2.29. The maximum Gasteiger partial charge on any atom is 0.191 e. The van der Waals surface area contributed by atoms with Gasteiger partial charge in [-0.25, -0.2) is 4.99 Å². The summed E-state index contributed by atoms with van der Waals surface area (Å²) in [5, 5.41) is 11.2. The van der Waals surface area contributed by atoms with Crippen LogP contribution in [-0.2, 0) is 17.8 Å². The summed E-state index contributed by atoms with van der Waals surface area (Å²) >= 11 is 0. The summed E-state index contributed by atoms with van der Waals surface area (Å²) in [6.07, 6.45) is 3.80. The normalized spacial score (nSPS) is 16.0. The molecule has 8 heteroatoms. The topological polar surface area (TPSA) is 66.7 Å². The second kappa shape index (κ2) is 13.6. The third-order valence-corrected chi connectivity index (χ3v) is 5.05. The van der Waals surface area contributed by atoms with Gasteiger partial charge in [-0.1, -0.05) is 31.2 Å². The number of guanidine groups is 1. The van der Waals surface area contributed by atoms with E-state index in [0.29, 0.717) is 12.5 Å². The number of hydrogen-bond donors (Lipinski definition) is 2. The number of nitrogens with zero attached hydrogens (tertiary/aromatic N) is 4. The van der Waals surface area contributed by atoms with Gasteiger partial charge in [0.1, 0.15) is 0 Å². The second-order valence-electron chi connectivity index (χ2n) is 7.57. The average Bonchev–Trinajstić information content (AvgIpc) is 3.25. The van der Waals surface area contributed by atoms with Gasteiger partial charge in [0.2, 0.25) is 0 Å². The Morgan fingerprint density at radius 1 is 1.17 bits per heavy atom. The molecule has 0 spiro atoms. The first-order valence-corrected chi connectivity index (χ1v) is 10.6. The fraction of sp³-hybridized carbons (Fsp3) is 0.545. The van der Waals surface area contributed by atoms with Crippen LogP contribution in [0.1, 0.15) is 25.0 Å². The minimum absolute atomic E-state index is 0. The van der Waals surface area contributed by atoms with Gasteiger partial charge in [0.15, 0.2) is 5.96 Å². The lowest BCUT2D eigenvalue weighted by atomic mass is 10.1. The monoisotopic (exact) mass is 526 g/mol. The van der Waals surface area contributed by atoms with Crippen molar-refractivity contribution < 1.29 is 4.74 Å². The van der Waals surface area contributed by atoms with Crippen molar-refractivity contribution in [3.05, 3.63) is 53.9 Å². The van der Waals surface area contributed by atoms with Crippen LogP contribution in [0.15, 0.2) is 47.7 Å². The number of ether oxygens (including phenoxy) is 1. The first-order valence-electron chi connectivity index (χ1n) is 10.6. The number of hydrogen-bond acceptors (Lipinski definition) is 4. The SMILES string of the molecule is CCNC(=NCc1ccccc1Cn1cccn1)NCC(C)CN1CCOCC1.I. The van der Waals surface area contributed by atoms with Crippen LogP contribution in [0.5, 0.6) is 0 Å². The van der Waals surface area contributed by atoms with E-state index < -0.39 is 0 Å². The quantitative estimate of drug-likeness (QED) is 0.299. The van der Waals surface area contributed by atoms with E-state index in [-0.39, 0.29) is 24.0 Å². The second-order valence-corrected chi connectivity index (χ2v) is 7.57. The molecule has 1 fully saturated rings. The van der Waals surface area contributed by atoms with E-state index in [1.54, 1.807) is 0 Å². The van der Waals surface area contributed by atoms with Gasteiger partial charge < -0.3 is 15.4 Å². The van der Waals surface area contributed by atoms with Crippen LogP contribution in [0.4, 0.5) is 0 Å². The summed E-state index contributed by atoms with van der Waals surface area (Å²) in [6.45, 7) is 12.4. The molecule has 0 aliphatic carbocycles. The Bertz CT molecular complexity index is 746. The molecule has 0 radical (unpaired) electrons. The summed E-state index contributed by atoms with van der Waals surface area (Å²) in [5.74, 6) is 1.42. The molecule has 2 aromatic rings. The standard InChI is InChI=1S/C22H34N6O.HI/c1-3-23-22(24-15-19(2)17-27-11-13-29-14-12-27)25-16-20-7-4-5-8-21(20)18-28-10-6-9-26-28;/h4-10,19H,3,11-18H2,1-2H3,(H2,23,24,25);1H. The Morgan fingerprint density at radius 3 is 2.63 bits per heavy atom. The van der Waals surface area contributed by atoms with E-state index in [1.807, 2.05) is 23.1 Å². The molecule has 0 bridgehead atoms. The fourth-order valence-electron chi connectivity index (χ4n) is 3.50. The first kappa shape index (κ1) is 24.6. The Labute approximate surface area is 197 Å². The zero-order valence-electron chi connectivity index (χ0n) is 18.1. The molecular formula is C22H35IN6O. The van der Waals surface area contributed by atoms with Crippen molar-refractivity contribution in [1.29, 1.82) is 0 Å². The van der Waals surface area contributed by atoms with E-state index in [2.05, 4.69) is 58.7 Å². The predicted molar refractivity (Wildman–Crippen MR) is 132 cm³/mol. The lowest BCUT2D eigenvalue weighted by Crippen LogP contribution is -2.44. The molecule has 1 aliphatic rings. The van der Waals surface area contributed by atoms with Crippen molar-refractivity contribution in [3.8, 4) is 0 Å². The molecule has 0 amide bonds. The Balaban J connectivity index is 0.00000320. The van der Waals surface area contributed by atoms with Crippen LogP contribution in [0.2, 0.25) is 0 Å². The van der Waals surface area contributed by atoms with Crippen LogP contribution >= 0.6 is 24.0 Å². The molecule has 0 saturated carbocycles. The fourth-order valence-corrected chi connectivity index (χ4v) is 3.50. The first-order chi connectivity index (χ1) is 14.2. The maximum absolute atomic E-state index is 5.44. The molecule has 7 nitrogen and oxygen atoms in total. The third-order valence-electron chi connectivity index (χ3n) is 5.05. The molecule has 1 aliphatic heterocycles. The van der Waals surface area contributed by atoms with E-state index >= 15 is 0 Å². The molecule has 2 heterocycles. The molecule has 1 aromatic carbocycles. The predicted octanol–water partition coefficient (Wildman–Crippen LogP) is 2.57. The molecule has 1 unspecified atom stereocenters. The number of aromatic nitrogens is 2. The van der Waals surface area contributed by atoms with Gasteiger partial charge in [-0.15, -0.1) is 24.0 Å². The van der Waals surface area contributed by atoms with E-state index in [0.717, 1.165) is 58.4 Å². The molecule has 1 saturated heterocycles. The number of morpholine rings is 1. The van der Waals surface area contributed by atoms with Crippen molar-refractivity contribution >= 4 is 29.9 Å². The van der Waals surface area contributed by atoms with Gasteiger partial charge >= 0.3 is 0 Å². The van der Waals surface area contributed by atoms with Crippen molar-refractivity contribution in [2.24, 2.45) is 10.9 Å². The van der Waals surface area contributed by atoms with Crippen molar-refractivity contribution in [2.45, 2.75) is 26.9 Å². The molecule has 1 aromatic heterocycles. The Hall–Kier alpha value is -1.65. The van der Waals surface area contributed by atoms with Gasteiger partial charge in [0.25, 0.3) is 0 Å². The van der Waals surface area contributed by atoms with E-state index in [9.17, 15) is 0 Å². The molecular weight excluding hydrogens is 491 g/mol. The zero-order chi connectivity index (χ0) is 20.3. The third kappa shape index (κ3) is 8.23. The lowest BCUT2D eigenvalue weighted by molar-refractivity contribution is 0.0320. The van der Waals surface area contributed by atoms with Crippen LogP contribution in [0.3, 0.4) is 0 Å². The minimum Gasteiger partial charge on any atom is -0.379 e. The molecule has 166 valence electrons. The van der Waals surface area contributed by atoms with Gasteiger partial charge in [-0.3, -0.25) is 9.58 Å². The molecule has 2 N–H and O–H groups in total. The highest BCUT2D eigenvalue weighted by atomic mass is 127. The van der Waals surface area contributed by atoms with Crippen LogP contribution in [-0.4, -0.2) is 66.6 Å². The van der Waals surface area contributed by atoms with Crippen molar-refractivity contribution in [3.63, 3.8) is 0 Å². The summed E-state index contributed by atoms with van der Waals surface area (Å²) in [5.41, 5.74) is 2.47. The summed E-state index contributed by atoms with van der Waals surface area (Å²) in [7, 11) is 0. The summed E-state index contributed by atoms with van der Waals surface area (Å²) in [6, 6.07) is 10.4. The maximum atomic E-state index is 5.44. The number of rotatable bonds is 9. The van der Waals surface area contributed by atoms with Gasteiger partial charge in [-0.2, -0.15) is 5.10 Å². The van der Waals surface area contributed by atoms with Crippen molar-refractivity contribution in [1.82, 2.24) is 25.3 Å². The van der Waals surface area contributed by atoms with Gasteiger partial charge in [0.05, 0.1) is 26.3 Å². The smallest absolute Gasteiger partial charge is 0.191 e. The van der Waals surface area contributed by atoms with E-state index in [1.165, 1.54) is 11.1 Å². The molecule has 1 atom stereocenters. The van der Waals surface area contributed by atoms with Gasteiger partial charge in [-0.05, 0) is 30.0 Å². The zero-order valence-corrected chi connectivity index (χ0v) is 20.4. The highest BCUT2D eigenvalue weighted by Gasteiger charge is 2.14. The average molecular weight is 526 g/mol. The summed E-state index contributed by atoms with van der Waals surface area (Å²) < 4.78 is 7.38. The number of halogens is 1. The number of nitrogens with one attached hydrogen (secondary N) is 2. The Morgan fingerprint density at radius 2 is 1.93 bits per heavy atom. The largest absolute Gasteiger partial charge is 0.379 e. The molecule has 30 heavy (non-hydrogen) atoms. The van der Waals surface area contributed by atoms with Crippen molar-refractivity contribution in [2.75, 3.05) is 45.9 Å².